The van der Waals surface area contributed by atoms with E-state index in [1.807, 2.05) is 31.2 Å². The number of rotatable bonds is 2. The number of aromatic carboxylic acids is 1. The molecule has 0 aliphatic heterocycles. The maximum Gasteiger partial charge on any atom is 0.345 e. The number of carbonyl (C=O) groups is 1. The van der Waals surface area contributed by atoms with Crippen LogP contribution in [0.2, 0.25) is 0 Å². The number of hydrogen-bond donors (Lipinski definition) is 2. The monoisotopic (exact) mass is 233 g/mol. The molecule has 2 rings (SSSR count). The van der Waals surface area contributed by atoms with Crippen molar-refractivity contribution in [2.75, 3.05) is 5.73 Å². The molecule has 0 unspecified atom stereocenters. The van der Waals surface area contributed by atoms with Gasteiger partial charge in [-0.25, -0.2) is 4.79 Å². The first-order valence-corrected chi connectivity index (χ1v) is 5.59. The van der Waals surface area contributed by atoms with E-state index in [0.29, 0.717) is 10.6 Å². The van der Waals surface area contributed by atoms with Crippen molar-refractivity contribution < 1.29 is 9.90 Å². The number of anilines is 1. The first-order chi connectivity index (χ1) is 7.58. The number of nitrogens with two attached hydrogens (primary N) is 1. The molecule has 0 spiro atoms. The number of carboxylic acids is 1. The van der Waals surface area contributed by atoms with Crippen LogP contribution >= 0.6 is 11.3 Å². The molecule has 1 aromatic heterocycles. The molecule has 2 aromatic rings. The summed E-state index contributed by atoms with van der Waals surface area (Å²) in [4.78, 5) is 12.1. The molecule has 3 nitrogen and oxygen atoms in total. The van der Waals surface area contributed by atoms with Crippen LogP contribution in [0.1, 0.15) is 15.2 Å². The highest BCUT2D eigenvalue weighted by Crippen LogP contribution is 2.31. The maximum atomic E-state index is 10.8. The molecule has 82 valence electrons. The smallest absolute Gasteiger partial charge is 0.345 e. The van der Waals surface area contributed by atoms with E-state index in [4.69, 9.17) is 10.8 Å². The molecular weight excluding hydrogens is 222 g/mol. The standard InChI is InChI=1S/C12H11NO2S/c1-7-2-3-8(13)6-9(7)10-4-5-11(16-10)12(14)15/h2-6H,13H2,1H3,(H,14,15). The van der Waals surface area contributed by atoms with Gasteiger partial charge in [0.1, 0.15) is 4.88 Å². The van der Waals surface area contributed by atoms with Crippen molar-refractivity contribution in [1.29, 1.82) is 0 Å². The second kappa shape index (κ2) is 3.98. The van der Waals surface area contributed by atoms with Gasteiger partial charge in [0.15, 0.2) is 0 Å². The second-order valence-electron chi connectivity index (χ2n) is 3.54. The normalized spacial score (nSPS) is 10.3. The molecule has 0 amide bonds. The summed E-state index contributed by atoms with van der Waals surface area (Å²) in [6, 6.07) is 9.07. The van der Waals surface area contributed by atoms with Crippen molar-refractivity contribution >= 4 is 23.0 Å². The average Bonchev–Trinajstić information content (AvgIpc) is 2.70. The summed E-state index contributed by atoms with van der Waals surface area (Å²) in [7, 11) is 0. The molecule has 0 atom stereocenters. The van der Waals surface area contributed by atoms with Crippen molar-refractivity contribution in [2.45, 2.75) is 6.92 Å². The first kappa shape index (κ1) is 10.7. The lowest BCUT2D eigenvalue weighted by molar-refractivity contribution is 0.0702. The zero-order valence-corrected chi connectivity index (χ0v) is 9.54. The third-order valence-electron chi connectivity index (χ3n) is 2.34. The first-order valence-electron chi connectivity index (χ1n) is 4.77. The molecule has 0 aliphatic rings. The van der Waals surface area contributed by atoms with Crippen LogP contribution in [0.3, 0.4) is 0 Å². The quantitative estimate of drug-likeness (QED) is 0.784. The number of benzene rings is 1. The van der Waals surface area contributed by atoms with E-state index in [1.165, 1.54) is 11.3 Å². The minimum atomic E-state index is -0.891. The SMILES string of the molecule is Cc1ccc(N)cc1-c1ccc(C(=O)O)s1. The number of aryl methyl sites for hydroxylation is 1. The van der Waals surface area contributed by atoms with E-state index in [2.05, 4.69) is 0 Å². The highest BCUT2D eigenvalue weighted by molar-refractivity contribution is 7.17. The van der Waals surface area contributed by atoms with E-state index in [9.17, 15) is 4.79 Å². The lowest BCUT2D eigenvalue weighted by Gasteiger charge is -2.03. The van der Waals surface area contributed by atoms with Gasteiger partial charge in [-0.15, -0.1) is 11.3 Å². The Kier molecular flexibility index (Phi) is 2.66. The molecule has 16 heavy (non-hydrogen) atoms. The molecule has 1 aromatic carbocycles. The summed E-state index contributed by atoms with van der Waals surface area (Å²) in [5, 5.41) is 8.85. The van der Waals surface area contributed by atoms with Gasteiger partial charge in [-0.2, -0.15) is 0 Å². The van der Waals surface area contributed by atoms with E-state index in [0.717, 1.165) is 16.0 Å². The maximum absolute atomic E-state index is 10.8. The van der Waals surface area contributed by atoms with Crippen LogP contribution in [-0.2, 0) is 0 Å². The zero-order chi connectivity index (χ0) is 11.7. The molecule has 3 N–H and O–H groups in total. The molecule has 0 aliphatic carbocycles. The Morgan fingerprint density at radius 3 is 2.69 bits per heavy atom. The third kappa shape index (κ3) is 1.92. The second-order valence-corrected chi connectivity index (χ2v) is 4.63. The van der Waals surface area contributed by atoms with Crippen molar-refractivity contribution in [1.82, 2.24) is 0 Å². The largest absolute Gasteiger partial charge is 0.477 e. The number of nitrogen functional groups attached to an aromatic ring is 1. The summed E-state index contributed by atoms with van der Waals surface area (Å²) in [6.45, 7) is 1.98. The van der Waals surface area contributed by atoms with Gasteiger partial charge < -0.3 is 10.8 Å². The molecule has 4 heteroatoms. The summed E-state index contributed by atoms with van der Waals surface area (Å²) in [5.41, 5.74) is 8.49. The lowest BCUT2D eigenvalue weighted by atomic mass is 10.1. The van der Waals surface area contributed by atoms with Crippen LogP contribution in [0.4, 0.5) is 5.69 Å². The zero-order valence-electron chi connectivity index (χ0n) is 8.73. The molecule has 0 fully saturated rings. The summed E-state index contributed by atoms with van der Waals surface area (Å²) >= 11 is 1.26. The molecule has 0 bridgehead atoms. The van der Waals surface area contributed by atoms with Crippen LogP contribution in [0, 0.1) is 6.92 Å². The van der Waals surface area contributed by atoms with Gasteiger partial charge in [0.25, 0.3) is 0 Å². The van der Waals surface area contributed by atoms with E-state index >= 15 is 0 Å². The van der Waals surface area contributed by atoms with Gasteiger partial charge in [-0.05, 0) is 42.3 Å². The van der Waals surface area contributed by atoms with Gasteiger partial charge in [0.05, 0.1) is 0 Å². The van der Waals surface area contributed by atoms with Gasteiger partial charge >= 0.3 is 5.97 Å². The predicted octanol–water partition coefficient (Wildman–Crippen LogP) is 3.00. The predicted molar refractivity (Wildman–Crippen MR) is 65.9 cm³/mol. The Labute approximate surface area is 97.2 Å². The molecule has 0 radical (unpaired) electrons. The van der Waals surface area contributed by atoms with E-state index in [1.54, 1.807) is 6.07 Å². The molecule has 0 saturated carbocycles. The molecular formula is C12H11NO2S. The molecule has 1 heterocycles. The van der Waals surface area contributed by atoms with Crippen LogP contribution < -0.4 is 5.73 Å². The summed E-state index contributed by atoms with van der Waals surface area (Å²) in [5.74, 6) is -0.891. The fourth-order valence-electron chi connectivity index (χ4n) is 1.50. The number of hydrogen-bond acceptors (Lipinski definition) is 3. The van der Waals surface area contributed by atoms with Crippen LogP contribution in [0.25, 0.3) is 10.4 Å². The Morgan fingerprint density at radius 1 is 1.31 bits per heavy atom. The van der Waals surface area contributed by atoms with E-state index in [-0.39, 0.29) is 0 Å². The topological polar surface area (TPSA) is 63.3 Å². The average molecular weight is 233 g/mol. The van der Waals surface area contributed by atoms with E-state index < -0.39 is 5.97 Å². The minimum absolute atomic E-state index is 0.344. The van der Waals surface area contributed by atoms with Crippen LogP contribution in [-0.4, -0.2) is 11.1 Å². The Morgan fingerprint density at radius 2 is 2.06 bits per heavy atom. The highest BCUT2D eigenvalue weighted by Gasteiger charge is 2.10. The minimum Gasteiger partial charge on any atom is -0.477 e. The number of thiophene rings is 1. The Balaban J connectivity index is 2.50. The number of carboxylic acid groups (broad SMARTS) is 1. The van der Waals surface area contributed by atoms with Crippen molar-refractivity contribution in [3.05, 3.63) is 40.8 Å². The Bertz CT molecular complexity index is 546. The Hall–Kier alpha value is -1.81. The van der Waals surface area contributed by atoms with Crippen molar-refractivity contribution in [3.63, 3.8) is 0 Å². The van der Waals surface area contributed by atoms with Gasteiger partial charge in [0, 0.05) is 10.6 Å². The van der Waals surface area contributed by atoms with Gasteiger partial charge in [-0.1, -0.05) is 6.07 Å². The lowest BCUT2D eigenvalue weighted by Crippen LogP contribution is -1.89. The fourth-order valence-corrected chi connectivity index (χ4v) is 2.43. The van der Waals surface area contributed by atoms with Crippen LogP contribution in [0.5, 0.6) is 0 Å². The van der Waals surface area contributed by atoms with Crippen molar-refractivity contribution in [2.24, 2.45) is 0 Å². The van der Waals surface area contributed by atoms with Gasteiger partial charge in [-0.3, -0.25) is 0 Å². The summed E-state index contributed by atoms with van der Waals surface area (Å²) < 4.78 is 0. The highest BCUT2D eigenvalue weighted by atomic mass is 32.1. The summed E-state index contributed by atoms with van der Waals surface area (Å²) in [6.07, 6.45) is 0. The van der Waals surface area contributed by atoms with Crippen LogP contribution in [0.15, 0.2) is 30.3 Å². The fraction of sp³-hybridized carbons (Fsp3) is 0.0833. The third-order valence-corrected chi connectivity index (χ3v) is 3.45. The van der Waals surface area contributed by atoms with Gasteiger partial charge in [0.2, 0.25) is 0 Å². The molecule has 0 saturated heterocycles. The van der Waals surface area contributed by atoms with Crippen molar-refractivity contribution in [3.8, 4) is 10.4 Å².